The molecule has 0 bridgehead atoms. The van der Waals surface area contributed by atoms with Gasteiger partial charge >= 0.3 is 6.18 Å². The molecule has 3 aromatic rings. The first kappa shape index (κ1) is 24.6. The van der Waals surface area contributed by atoms with Crippen molar-refractivity contribution in [2.45, 2.75) is 51.6 Å². The van der Waals surface area contributed by atoms with Crippen molar-refractivity contribution in [3.63, 3.8) is 0 Å². The first-order valence-corrected chi connectivity index (χ1v) is 11.6. The third-order valence-electron chi connectivity index (χ3n) is 5.58. The lowest BCUT2D eigenvalue weighted by molar-refractivity contribution is -0.0801. The minimum absolute atomic E-state index is 0.120. The van der Waals surface area contributed by atoms with E-state index in [2.05, 4.69) is 55.5 Å². The van der Waals surface area contributed by atoms with Gasteiger partial charge in [0.2, 0.25) is 0 Å². The van der Waals surface area contributed by atoms with Crippen LogP contribution in [0.25, 0.3) is 22.3 Å². The van der Waals surface area contributed by atoms with Gasteiger partial charge in [0.25, 0.3) is 0 Å². The van der Waals surface area contributed by atoms with Crippen molar-refractivity contribution in [2.24, 2.45) is 0 Å². The van der Waals surface area contributed by atoms with Crippen LogP contribution in [-0.2, 0) is 6.42 Å². The molecular weight excluding hydrogens is 421 g/mol. The third kappa shape index (κ3) is 8.45. The van der Waals surface area contributed by atoms with Crippen LogP contribution in [0, 0.1) is 0 Å². The van der Waals surface area contributed by atoms with Gasteiger partial charge in [-0.15, -0.1) is 0 Å². The predicted octanol–water partition coefficient (Wildman–Crippen LogP) is 9.03. The van der Waals surface area contributed by atoms with Crippen molar-refractivity contribution in [3.05, 3.63) is 90.5 Å². The molecule has 0 aromatic heterocycles. The Balaban J connectivity index is 1.54. The van der Waals surface area contributed by atoms with E-state index in [4.69, 9.17) is 4.74 Å². The highest BCUT2D eigenvalue weighted by molar-refractivity contribution is 5.70. The maximum Gasteiger partial charge on any atom is 0.409 e. The molecule has 0 aliphatic rings. The maximum atomic E-state index is 12.1. The van der Waals surface area contributed by atoms with Gasteiger partial charge in [-0.25, -0.2) is 0 Å². The number of rotatable bonds is 11. The van der Waals surface area contributed by atoms with E-state index in [1.165, 1.54) is 48.8 Å². The summed E-state index contributed by atoms with van der Waals surface area (Å²) in [6.45, 7) is 2.12. The predicted molar refractivity (Wildman–Crippen MR) is 130 cm³/mol. The number of hydrogen-bond donors (Lipinski definition) is 0. The van der Waals surface area contributed by atoms with Gasteiger partial charge in [0.15, 0.2) is 0 Å². The molecule has 0 heterocycles. The summed E-state index contributed by atoms with van der Waals surface area (Å²) in [6, 6.07) is 24.6. The highest BCUT2D eigenvalue weighted by Gasteiger charge is 2.21. The molecular formula is C29H31F3O. The summed E-state index contributed by atoms with van der Waals surface area (Å²) in [6.07, 6.45) is 4.47. The number of halogens is 3. The molecule has 0 radical (unpaired) electrons. The van der Waals surface area contributed by atoms with Crippen molar-refractivity contribution in [2.75, 3.05) is 6.61 Å². The fourth-order valence-corrected chi connectivity index (χ4v) is 3.72. The van der Waals surface area contributed by atoms with Crippen LogP contribution in [-0.4, -0.2) is 12.8 Å². The summed E-state index contributed by atoms with van der Waals surface area (Å²) in [4.78, 5) is 0. The summed E-state index contributed by atoms with van der Waals surface area (Å²) in [5.74, 6) is 0.535. The third-order valence-corrected chi connectivity index (χ3v) is 5.58. The Morgan fingerprint density at radius 3 is 1.67 bits per heavy atom. The van der Waals surface area contributed by atoms with Crippen molar-refractivity contribution in [3.8, 4) is 28.0 Å². The van der Waals surface area contributed by atoms with Gasteiger partial charge in [-0.2, -0.15) is 13.2 Å². The van der Waals surface area contributed by atoms with E-state index < -0.39 is 6.18 Å². The van der Waals surface area contributed by atoms with Gasteiger partial charge in [0.1, 0.15) is 12.4 Å². The van der Waals surface area contributed by atoms with Gasteiger partial charge in [-0.3, -0.25) is 0 Å². The molecule has 33 heavy (non-hydrogen) atoms. The van der Waals surface area contributed by atoms with Crippen molar-refractivity contribution >= 4 is 0 Å². The van der Waals surface area contributed by atoms with E-state index in [0.717, 1.165) is 23.6 Å². The van der Waals surface area contributed by atoms with Gasteiger partial charge in [0.05, 0.1) is 0 Å². The van der Waals surface area contributed by atoms with Crippen LogP contribution in [0.1, 0.15) is 44.6 Å². The Bertz CT molecular complexity index is 985. The number of unbranched alkanes of at least 4 members (excludes halogenated alkanes) is 4. The number of alkyl halides is 3. The van der Waals surface area contributed by atoms with Gasteiger partial charge in [-0.1, -0.05) is 93.3 Å². The van der Waals surface area contributed by atoms with Crippen LogP contribution < -0.4 is 4.74 Å². The van der Waals surface area contributed by atoms with E-state index in [-0.39, 0.29) is 12.7 Å². The molecule has 0 saturated heterocycles. The molecule has 0 spiro atoms. The molecule has 174 valence electrons. The summed E-state index contributed by atoms with van der Waals surface area (Å²) in [5.41, 5.74) is 5.86. The Morgan fingerprint density at radius 2 is 1.15 bits per heavy atom. The highest BCUT2D eigenvalue weighted by Crippen LogP contribution is 2.27. The summed E-state index contributed by atoms with van der Waals surface area (Å²) in [5, 5.41) is 0. The second-order valence-electron chi connectivity index (χ2n) is 8.22. The van der Waals surface area contributed by atoms with Crippen LogP contribution >= 0.6 is 0 Å². The summed E-state index contributed by atoms with van der Waals surface area (Å²) < 4.78 is 41.7. The van der Waals surface area contributed by atoms with Crippen molar-refractivity contribution in [1.82, 2.24) is 0 Å². The lowest BCUT2D eigenvalue weighted by Gasteiger charge is -2.08. The topological polar surface area (TPSA) is 9.23 Å². The SMILES string of the molecule is CCCCCCCc1ccc(-c2ccc(-c3ccc(OCC=CC(F)(F)F)cc3)cc2)cc1. The molecule has 0 aliphatic heterocycles. The molecule has 1 nitrogen and oxygen atoms in total. The fraction of sp³-hybridized carbons (Fsp3) is 0.310. The van der Waals surface area contributed by atoms with E-state index in [0.29, 0.717) is 5.75 Å². The molecule has 0 N–H and O–H groups in total. The Kier molecular flexibility index (Phi) is 9.17. The van der Waals surface area contributed by atoms with Crippen molar-refractivity contribution in [1.29, 1.82) is 0 Å². The number of aryl methyl sites for hydroxylation is 1. The molecule has 0 saturated carbocycles. The zero-order valence-electron chi connectivity index (χ0n) is 19.1. The minimum Gasteiger partial charge on any atom is -0.490 e. The highest BCUT2D eigenvalue weighted by atomic mass is 19.4. The lowest BCUT2D eigenvalue weighted by atomic mass is 9.98. The number of ether oxygens (including phenoxy) is 1. The molecule has 3 rings (SSSR count). The lowest BCUT2D eigenvalue weighted by Crippen LogP contribution is -2.02. The van der Waals surface area contributed by atoms with Gasteiger partial charge < -0.3 is 4.74 Å². The van der Waals surface area contributed by atoms with Gasteiger partial charge in [-0.05, 0) is 58.9 Å². The molecule has 0 aliphatic carbocycles. The maximum absolute atomic E-state index is 12.1. The number of benzene rings is 3. The van der Waals surface area contributed by atoms with Crippen LogP contribution in [0.5, 0.6) is 5.75 Å². The van der Waals surface area contributed by atoms with E-state index in [1.807, 2.05) is 12.1 Å². The monoisotopic (exact) mass is 452 g/mol. The van der Waals surface area contributed by atoms with Crippen LogP contribution in [0.2, 0.25) is 0 Å². The second kappa shape index (κ2) is 12.3. The molecule has 0 amide bonds. The number of allylic oxidation sites excluding steroid dienone is 1. The first-order chi connectivity index (χ1) is 15.9. The van der Waals surface area contributed by atoms with E-state index in [1.54, 1.807) is 12.1 Å². The summed E-state index contributed by atoms with van der Waals surface area (Å²) >= 11 is 0. The molecule has 3 aromatic carbocycles. The fourth-order valence-electron chi connectivity index (χ4n) is 3.72. The molecule has 4 heteroatoms. The zero-order valence-corrected chi connectivity index (χ0v) is 19.1. The standard InChI is InChI=1S/C29H31F3O/c1-2-3-4-5-6-8-23-9-11-24(12-10-23)25-13-15-26(16-14-25)27-17-19-28(20-18-27)33-22-7-21-29(30,31)32/h7,9-21H,2-6,8,22H2,1H3. The zero-order chi connectivity index (χ0) is 23.5. The molecule has 0 unspecified atom stereocenters. The van der Waals surface area contributed by atoms with E-state index >= 15 is 0 Å². The second-order valence-corrected chi connectivity index (χ2v) is 8.22. The Hall–Kier alpha value is -3.01. The van der Waals surface area contributed by atoms with Crippen molar-refractivity contribution < 1.29 is 17.9 Å². The smallest absolute Gasteiger partial charge is 0.409 e. The number of hydrogen-bond acceptors (Lipinski definition) is 1. The molecule has 0 atom stereocenters. The largest absolute Gasteiger partial charge is 0.490 e. The first-order valence-electron chi connectivity index (χ1n) is 11.6. The Labute approximate surface area is 194 Å². The van der Waals surface area contributed by atoms with Crippen LogP contribution in [0.3, 0.4) is 0 Å². The summed E-state index contributed by atoms with van der Waals surface area (Å²) in [7, 11) is 0. The van der Waals surface area contributed by atoms with E-state index in [9.17, 15) is 13.2 Å². The minimum atomic E-state index is -4.31. The quantitative estimate of drug-likeness (QED) is 0.208. The average molecular weight is 453 g/mol. The van der Waals surface area contributed by atoms with Crippen LogP contribution in [0.4, 0.5) is 13.2 Å². The van der Waals surface area contributed by atoms with Gasteiger partial charge in [0, 0.05) is 6.08 Å². The average Bonchev–Trinajstić information content (AvgIpc) is 2.82. The Morgan fingerprint density at radius 1 is 0.667 bits per heavy atom. The molecule has 0 fully saturated rings. The van der Waals surface area contributed by atoms with Crippen LogP contribution in [0.15, 0.2) is 84.9 Å². The normalized spacial score (nSPS) is 11.8.